The summed E-state index contributed by atoms with van der Waals surface area (Å²) >= 11 is 0. The minimum atomic E-state index is -0.793. The minimum absolute atomic E-state index is 0.157. The number of halogens is 1. The molecule has 1 aromatic carbocycles. The van der Waals surface area contributed by atoms with Crippen molar-refractivity contribution in [3.05, 3.63) is 59.7 Å². The second-order valence-electron chi connectivity index (χ2n) is 6.09. The van der Waals surface area contributed by atoms with Crippen molar-refractivity contribution in [2.24, 2.45) is 0 Å². The topological polar surface area (TPSA) is 33.2 Å². The Labute approximate surface area is 129 Å². The van der Waals surface area contributed by atoms with Crippen molar-refractivity contribution in [1.29, 1.82) is 0 Å². The van der Waals surface area contributed by atoms with E-state index in [0.29, 0.717) is 22.5 Å². The highest BCUT2D eigenvalue weighted by Gasteiger charge is 2.46. The van der Waals surface area contributed by atoms with E-state index in [1.54, 1.807) is 18.5 Å². The molecule has 0 saturated heterocycles. The van der Waals surface area contributed by atoms with Gasteiger partial charge < -0.3 is 0 Å². The molecule has 22 heavy (non-hydrogen) atoms. The fraction of sp³-hybridized carbons (Fsp3) is 0.222. The molecule has 0 atom stereocenters. The van der Waals surface area contributed by atoms with Crippen LogP contribution in [0.2, 0.25) is 0 Å². The number of pyridine rings is 1. The molecule has 0 unspecified atom stereocenters. The fourth-order valence-corrected chi connectivity index (χ4v) is 2.85. The number of fused-ring (bicyclic) bond motifs is 1. The lowest BCUT2D eigenvalue weighted by molar-refractivity contribution is -0.121. The largest absolute Gasteiger partial charge is 0.275 e. The summed E-state index contributed by atoms with van der Waals surface area (Å²) in [4.78, 5) is 18.4. The van der Waals surface area contributed by atoms with Crippen LogP contribution in [0.5, 0.6) is 0 Å². The number of hydrogen-bond donors (Lipinski definition) is 0. The fourth-order valence-electron chi connectivity index (χ4n) is 2.85. The number of rotatable bonds is 2. The number of aryl methyl sites for hydroxylation is 1. The Bertz CT molecular complexity index is 796. The van der Waals surface area contributed by atoms with E-state index < -0.39 is 11.2 Å². The predicted molar refractivity (Wildman–Crippen MR) is 85.6 cm³/mol. The maximum absolute atomic E-state index is 14.6. The molecule has 1 amide bonds. The molecule has 2 aromatic rings. The van der Waals surface area contributed by atoms with Crippen molar-refractivity contribution in [3.8, 4) is 0 Å². The first-order valence-electron chi connectivity index (χ1n) is 7.09. The normalized spacial score (nSPS) is 15.8. The maximum Gasteiger partial charge on any atom is 0.241 e. The molecule has 0 N–H and O–H groups in total. The van der Waals surface area contributed by atoms with Gasteiger partial charge in [0, 0.05) is 6.20 Å². The highest BCUT2D eigenvalue weighted by atomic mass is 19.1. The summed E-state index contributed by atoms with van der Waals surface area (Å²) in [5.41, 5.74) is 2.36. The highest BCUT2D eigenvalue weighted by molar-refractivity contribution is 6.12. The van der Waals surface area contributed by atoms with Crippen LogP contribution >= 0.6 is 0 Å². The Hall–Kier alpha value is -2.49. The van der Waals surface area contributed by atoms with Crippen molar-refractivity contribution in [2.45, 2.75) is 26.2 Å². The zero-order valence-electron chi connectivity index (χ0n) is 12.9. The summed E-state index contributed by atoms with van der Waals surface area (Å²) in [6.07, 6.45) is 4.87. The Kier molecular flexibility index (Phi) is 3.13. The summed E-state index contributed by atoms with van der Waals surface area (Å²) in [6, 6.07) is 5.06. The molecule has 2 heterocycles. The molecular weight excluding hydrogens is 279 g/mol. The van der Waals surface area contributed by atoms with Gasteiger partial charge in [-0.15, -0.1) is 0 Å². The van der Waals surface area contributed by atoms with Crippen molar-refractivity contribution in [2.75, 3.05) is 4.90 Å². The monoisotopic (exact) mass is 296 g/mol. The molecule has 3 rings (SSSR count). The Morgan fingerprint density at radius 3 is 2.64 bits per heavy atom. The van der Waals surface area contributed by atoms with Crippen LogP contribution in [0.3, 0.4) is 0 Å². The Balaban J connectivity index is 2.29. The third-order valence-corrected chi connectivity index (χ3v) is 4.07. The van der Waals surface area contributed by atoms with Crippen LogP contribution < -0.4 is 4.90 Å². The molecule has 1 aromatic heterocycles. The van der Waals surface area contributed by atoms with E-state index in [-0.39, 0.29) is 5.91 Å². The predicted octanol–water partition coefficient (Wildman–Crippen LogP) is 4.13. The van der Waals surface area contributed by atoms with Crippen LogP contribution in [0.1, 0.15) is 30.5 Å². The van der Waals surface area contributed by atoms with Crippen molar-refractivity contribution < 1.29 is 9.18 Å². The molecule has 0 radical (unpaired) electrons. The number of carbonyl (C=O) groups is 1. The quantitative estimate of drug-likeness (QED) is 0.835. The van der Waals surface area contributed by atoms with Crippen LogP contribution in [-0.2, 0) is 10.2 Å². The van der Waals surface area contributed by atoms with Gasteiger partial charge in [0.2, 0.25) is 5.91 Å². The highest BCUT2D eigenvalue weighted by Crippen LogP contribution is 2.47. The lowest BCUT2D eigenvalue weighted by Gasteiger charge is -2.20. The van der Waals surface area contributed by atoms with Gasteiger partial charge in [-0.3, -0.25) is 14.7 Å². The molecule has 0 aliphatic carbocycles. The van der Waals surface area contributed by atoms with E-state index in [1.807, 2.05) is 32.9 Å². The van der Waals surface area contributed by atoms with E-state index in [4.69, 9.17) is 0 Å². The smallest absolute Gasteiger partial charge is 0.241 e. The summed E-state index contributed by atoms with van der Waals surface area (Å²) in [5, 5.41) is 0. The Morgan fingerprint density at radius 2 is 2.00 bits per heavy atom. The molecule has 112 valence electrons. The zero-order chi connectivity index (χ0) is 16.1. The Morgan fingerprint density at radius 1 is 1.27 bits per heavy atom. The summed E-state index contributed by atoms with van der Waals surface area (Å²) in [7, 11) is 0. The average Bonchev–Trinajstić information content (AvgIpc) is 2.67. The first-order valence-corrected chi connectivity index (χ1v) is 7.09. The lowest BCUT2D eigenvalue weighted by Crippen LogP contribution is -2.33. The van der Waals surface area contributed by atoms with Crippen molar-refractivity contribution >= 4 is 23.4 Å². The molecule has 3 nitrogen and oxygen atoms in total. The van der Waals surface area contributed by atoms with Gasteiger partial charge in [0.15, 0.2) is 0 Å². The van der Waals surface area contributed by atoms with E-state index in [0.717, 1.165) is 5.56 Å². The van der Waals surface area contributed by atoms with Gasteiger partial charge in [0.1, 0.15) is 5.82 Å². The number of carbonyl (C=O) groups excluding carboxylic acids is 1. The van der Waals surface area contributed by atoms with Gasteiger partial charge in [-0.25, -0.2) is 4.39 Å². The van der Waals surface area contributed by atoms with Crippen LogP contribution in [0.15, 0.2) is 37.2 Å². The van der Waals surface area contributed by atoms with Crippen molar-refractivity contribution in [1.82, 2.24) is 4.98 Å². The molecular formula is C18H17FN2O. The molecule has 0 fully saturated rings. The van der Waals surface area contributed by atoms with E-state index in [1.165, 1.54) is 11.0 Å². The van der Waals surface area contributed by atoms with Gasteiger partial charge >= 0.3 is 0 Å². The minimum Gasteiger partial charge on any atom is -0.275 e. The first kappa shape index (κ1) is 14.4. The standard InChI is InChI=1S/C18H17FN2O/c1-5-12-7-14-16(15(19)8-12)21(17(22)18(14,3)4)13-6-11(2)9-20-10-13/h5-10H,1H2,2-4H3. The van der Waals surface area contributed by atoms with Gasteiger partial charge in [-0.05, 0) is 55.7 Å². The summed E-state index contributed by atoms with van der Waals surface area (Å²) in [5.74, 6) is -0.581. The maximum atomic E-state index is 14.6. The third kappa shape index (κ3) is 1.95. The van der Waals surface area contributed by atoms with Gasteiger partial charge in [0.25, 0.3) is 0 Å². The summed E-state index contributed by atoms with van der Waals surface area (Å²) < 4.78 is 14.6. The number of anilines is 2. The van der Waals surface area contributed by atoms with Crippen molar-refractivity contribution in [3.63, 3.8) is 0 Å². The van der Waals surface area contributed by atoms with Crippen LogP contribution in [0, 0.1) is 12.7 Å². The molecule has 0 spiro atoms. The average molecular weight is 296 g/mol. The molecule has 4 heteroatoms. The molecule has 0 saturated carbocycles. The second kappa shape index (κ2) is 4.77. The van der Waals surface area contributed by atoms with Gasteiger partial charge in [0.05, 0.1) is 23.0 Å². The SMILES string of the molecule is C=Cc1cc(F)c2c(c1)C(C)(C)C(=O)N2c1cncc(C)c1. The van der Waals surface area contributed by atoms with E-state index in [9.17, 15) is 9.18 Å². The first-order chi connectivity index (χ1) is 10.4. The molecule has 1 aliphatic rings. The van der Waals surface area contributed by atoms with Gasteiger partial charge in [-0.1, -0.05) is 12.7 Å². The van der Waals surface area contributed by atoms with Gasteiger partial charge in [-0.2, -0.15) is 0 Å². The number of benzene rings is 1. The number of nitrogens with zero attached hydrogens (tertiary/aromatic N) is 2. The van der Waals surface area contributed by atoms with Crippen LogP contribution in [0.25, 0.3) is 6.08 Å². The van der Waals surface area contributed by atoms with Crippen LogP contribution in [0.4, 0.5) is 15.8 Å². The lowest BCUT2D eigenvalue weighted by atomic mass is 9.85. The second-order valence-corrected chi connectivity index (χ2v) is 6.09. The molecule has 1 aliphatic heterocycles. The van der Waals surface area contributed by atoms with E-state index in [2.05, 4.69) is 11.6 Å². The zero-order valence-corrected chi connectivity index (χ0v) is 12.9. The van der Waals surface area contributed by atoms with E-state index >= 15 is 0 Å². The van der Waals surface area contributed by atoms with Crippen LogP contribution in [-0.4, -0.2) is 10.9 Å². The number of aromatic nitrogens is 1. The number of hydrogen-bond acceptors (Lipinski definition) is 2. The summed E-state index contributed by atoms with van der Waals surface area (Å²) in [6.45, 7) is 9.19. The number of amides is 1. The molecule has 0 bridgehead atoms. The third-order valence-electron chi connectivity index (χ3n) is 4.07.